The van der Waals surface area contributed by atoms with Crippen LogP contribution < -0.4 is 0 Å². The van der Waals surface area contributed by atoms with Crippen LogP contribution >= 0.6 is 0 Å². The summed E-state index contributed by atoms with van der Waals surface area (Å²) in [5.74, 6) is 2.75. The standard InChI is InChI=1S/C23H34O4Si2/c1-23(2,3)29(7,8)27-21-19(24)16-18(14-15-28(4,5)6)20(21)26-22(25)17-12-10-9-11-13-17/h9-13,16,19-21,24H,1-8H3/t19-,20+,21+/m1/s1. The Morgan fingerprint density at radius 1 is 1.07 bits per heavy atom. The van der Waals surface area contributed by atoms with E-state index in [4.69, 9.17) is 9.16 Å². The highest BCUT2D eigenvalue weighted by Crippen LogP contribution is 2.40. The van der Waals surface area contributed by atoms with Gasteiger partial charge in [-0.3, -0.25) is 0 Å². The fourth-order valence-corrected chi connectivity index (χ4v) is 4.46. The molecular weight excluding hydrogens is 396 g/mol. The molecule has 0 amide bonds. The third-order valence-electron chi connectivity index (χ3n) is 5.35. The number of aliphatic hydroxyl groups is 1. The van der Waals surface area contributed by atoms with E-state index < -0.39 is 40.7 Å². The normalized spacial score (nSPS) is 22.5. The van der Waals surface area contributed by atoms with Gasteiger partial charge in [-0.25, -0.2) is 4.79 Å². The lowest BCUT2D eigenvalue weighted by molar-refractivity contribution is -0.0235. The number of aliphatic hydroxyl groups excluding tert-OH is 1. The van der Waals surface area contributed by atoms with Crippen LogP contribution in [0.4, 0.5) is 0 Å². The summed E-state index contributed by atoms with van der Waals surface area (Å²) in [6.45, 7) is 17.1. The zero-order valence-electron chi connectivity index (χ0n) is 18.9. The third-order valence-corrected chi connectivity index (χ3v) is 10.7. The lowest BCUT2D eigenvalue weighted by atomic mass is 10.1. The van der Waals surface area contributed by atoms with Gasteiger partial charge >= 0.3 is 5.97 Å². The maximum Gasteiger partial charge on any atom is 0.338 e. The number of hydrogen-bond acceptors (Lipinski definition) is 4. The molecule has 29 heavy (non-hydrogen) atoms. The van der Waals surface area contributed by atoms with Gasteiger partial charge in [-0.1, -0.05) is 64.5 Å². The van der Waals surface area contributed by atoms with E-state index in [-0.39, 0.29) is 5.04 Å². The zero-order chi connectivity index (χ0) is 22.0. The monoisotopic (exact) mass is 430 g/mol. The molecule has 1 aromatic carbocycles. The average Bonchev–Trinajstić information content (AvgIpc) is 2.87. The maximum absolute atomic E-state index is 12.7. The number of esters is 1. The van der Waals surface area contributed by atoms with Crippen LogP contribution in [0.15, 0.2) is 42.0 Å². The Morgan fingerprint density at radius 2 is 1.66 bits per heavy atom. The van der Waals surface area contributed by atoms with Gasteiger partial charge in [0, 0.05) is 5.57 Å². The summed E-state index contributed by atoms with van der Waals surface area (Å²) in [6, 6.07) is 8.88. The average molecular weight is 431 g/mol. The lowest BCUT2D eigenvalue weighted by Crippen LogP contribution is -2.50. The molecule has 1 aromatic rings. The van der Waals surface area contributed by atoms with Gasteiger partial charge in [0.2, 0.25) is 0 Å². The van der Waals surface area contributed by atoms with E-state index >= 15 is 0 Å². The molecule has 4 nitrogen and oxygen atoms in total. The summed E-state index contributed by atoms with van der Waals surface area (Å²) in [5, 5.41) is 10.7. The van der Waals surface area contributed by atoms with E-state index in [1.54, 1.807) is 30.3 Å². The van der Waals surface area contributed by atoms with E-state index in [1.165, 1.54) is 0 Å². The lowest BCUT2D eigenvalue weighted by Gasteiger charge is -2.40. The molecule has 0 radical (unpaired) electrons. The van der Waals surface area contributed by atoms with Crippen molar-refractivity contribution in [2.75, 3.05) is 0 Å². The molecule has 3 atom stereocenters. The Balaban J connectivity index is 2.36. The first-order valence-electron chi connectivity index (χ1n) is 10.1. The van der Waals surface area contributed by atoms with Crippen LogP contribution in [0.2, 0.25) is 37.8 Å². The van der Waals surface area contributed by atoms with E-state index in [0.717, 1.165) is 0 Å². The van der Waals surface area contributed by atoms with Crippen molar-refractivity contribution in [3.05, 3.63) is 47.5 Å². The summed E-state index contributed by atoms with van der Waals surface area (Å²) in [7, 11) is -3.83. The van der Waals surface area contributed by atoms with E-state index in [9.17, 15) is 9.90 Å². The molecule has 0 saturated carbocycles. The highest BCUT2D eigenvalue weighted by Gasteiger charge is 2.47. The van der Waals surface area contributed by atoms with E-state index in [1.807, 2.05) is 6.07 Å². The smallest absolute Gasteiger partial charge is 0.338 e. The van der Waals surface area contributed by atoms with Crippen molar-refractivity contribution in [3.63, 3.8) is 0 Å². The molecule has 0 heterocycles. The minimum atomic E-state index is -2.20. The SMILES string of the molecule is CC(C)(C)[Si](C)(C)O[C@H]1[C@H](O)C=C(C#C[Si](C)(C)C)[C@@H]1OC(=O)c1ccccc1. The minimum Gasteiger partial charge on any atom is -0.450 e. The molecule has 1 aliphatic carbocycles. The van der Waals surface area contributed by atoms with Gasteiger partial charge in [-0.2, -0.15) is 0 Å². The molecule has 1 N–H and O–H groups in total. The molecule has 158 valence electrons. The largest absolute Gasteiger partial charge is 0.450 e. The fraction of sp³-hybridized carbons (Fsp3) is 0.522. The molecule has 2 rings (SSSR count). The molecule has 1 aliphatic rings. The fourth-order valence-electron chi connectivity index (χ4n) is 2.64. The first-order valence-corrected chi connectivity index (χ1v) is 16.5. The van der Waals surface area contributed by atoms with Crippen LogP contribution in [0.3, 0.4) is 0 Å². The maximum atomic E-state index is 12.7. The van der Waals surface area contributed by atoms with Crippen molar-refractivity contribution in [2.45, 2.75) is 76.9 Å². The predicted molar refractivity (Wildman–Crippen MR) is 123 cm³/mol. The first kappa shape index (κ1) is 23.6. The second-order valence-corrected chi connectivity index (χ2v) is 19.7. The number of hydrogen-bond donors (Lipinski definition) is 1. The van der Waals surface area contributed by atoms with Gasteiger partial charge in [-0.15, -0.1) is 5.54 Å². The number of rotatable bonds is 4. The van der Waals surface area contributed by atoms with Crippen LogP contribution in [0.25, 0.3) is 0 Å². The number of carbonyl (C=O) groups is 1. The summed E-state index contributed by atoms with van der Waals surface area (Å²) in [6.07, 6.45) is -0.526. The number of benzene rings is 1. The van der Waals surface area contributed by atoms with Crippen molar-refractivity contribution in [1.29, 1.82) is 0 Å². The quantitative estimate of drug-likeness (QED) is 0.424. The predicted octanol–water partition coefficient (Wildman–Crippen LogP) is 4.78. The van der Waals surface area contributed by atoms with Crippen LogP contribution in [-0.2, 0) is 9.16 Å². The molecule has 6 heteroatoms. The third kappa shape index (κ3) is 6.16. The molecule has 0 saturated heterocycles. The van der Waals surface area contributed by atoms with E-state index in [0.29, 0.717) is 11.1 Å². The molecule has 0 unspecified atom stereocenters. The van der Waals surface area contributed by atoms with Crippen LogP contribution in [0.5, 0.6) is 0 Å². The van der Waals surface area contributed by atoms with Crippen LogP contribution in [-0.4, -0.2) is 45.8 Å². The Labute approximate surface area is 177 Å². The zero-order valence-corrected chi connectivity index (χ0v) is 20.9. The summed E-state index contributed by atoms with van der Waals surface area (Å²) < 4.78 is 12.3. The molecular formula is C23H34O4Si2. The Morgan fingerprint density at radius 3 is 2.17 bits per heavy atom. The van der Waals surface area contributed by atoms with Gasteiger partial charge in [-0.05, 0) is 36.3 Å². The minimum absolute atomic E-state index is 0.0343. The molecule has 0 aliphatic heterocycles. The van der Waals surface area contributed by atoms with Gasteiger partial charge in [0.25, 0.3) is 0 Å². The topological polar surface area (TPSA) is 55.8 Å². The van der Waals surface area contributed by atoms with Gasteiger partial charge in [0.15, 0.2) is 14.4 Å². The highest BCUT2D eigenvalue weighted by atomic mass is 28.4. The van der Waals surface area contributed by atoms with E-state index in [2.05, 4.69) is 65.0 Å². The van der Waals surface area contributed by atoms with Crippen molar-refractivity contribution in [2.24, 2.45) is 0 Å². The van der Waals surface area contributed by atoms with Gasteiger partial charge < -0.3 is 14.3 Å². The molecule has 0 fully saturated rings. The molecule has 0 aromatic heterocycles. The van der Waals surface area contributed by atoms with Crippen molar-refractivity contribution >= 4 is 22.4 Å². The summed E-state index contributed by atoms with van der Waals surface area (Å²) in [4.78, 5) is 12.7. The summed E-state index contributed by atoms with van der Waals surface area (Å²) in [5.41, 5.74) is 4.42. The second-order valence-electron chi connectivity index (χ2n) is 10.1. The van der Waals surface area contributed by atoms with Crippen LogP contribution in [0, 0.1) is 11.5 Å². The molecule has 0 bridgehead atoms. The first-order chi connectivity index (χ1) is 13.2. The number of ether oxygens (including phenoxy) is 1. The van der Waals surface area contributed by atoms with Gasteiger partial charge in [0.05, 0.1) is 5.56 Å². The summed E-state index contributed by atoms with van der Waals surface area (Å²) >= 11 is 0. The Kier molecular flexibility index (Phi) is 7.01. The Hall–Kier alpha value is -1.66. The van der Waals surface area contributed by atoms with Crippen LogP contribution in [0.1, 0.15) is 31.1 Å². The van der Waals surface area contributed by atoms with Crippen molar-refractivity contribution < 1.29 is 19.1 Å². The second kappa shape index (κ2) is 8.61. The number of carbonyl (C=O) groups excluding carboxylic acids is 1. The van der Waals surface area contributed by atoms with Gasteiger partial charge in [0.1, 0.15) is 20.3 Å². The Bertz CT molecular complexity index is 820. The van der Waals surface area contributed by atoms with Crippen molar-refractivity contribution in [3.8, 4) is 11.5 Å². The molecule has 0 spiro atoms. The van der Waals surface area contributed by atoms with Crippen molar-refractivity contribution in [1.82, 2.24) is 0 Å². The highest BCUT2D eigenvalue weighted by molar-refractivity contribution is 6.83.